The molecule has 1 amide bonds. The van der Waals surface area contributed by atoms with Crippen molar-refractivity contribution in [2.45, 2.75) is 111 Å². The molecule has 1 heterocycles. The minimum absolute atomic E-state index is 0.0374. The number of hydrogen-bond donors (Lipinski definition) is 2. The predicted octanol–water partition coefficient (Wildman–Crippen LogP) is 4.88. The van der Waals surface area contributed by atoms with Crippen LogP contribution in [0.3, 0.4) is 0 Å². The van der Waals surface area contributed by atoms with Gasteiger partial charge in [-0.15, -0.1) is 0 Å². The molecule has 3 atom stereocenters. The third-order valence-corrected chi connectivity index (χ3v) is 7.03. The number of benzene rings is 1. The minimum atomic E-state index is -1.28. The van der Waals surface area contributed by atoms with Gasteiger partial charge in [-0.3, -0.25) is 24.0 Å². The van der Waals surface area contributed by atoms with Gasteiger partial charge in [-0.2, -0.15) is 0 Å². The normalized spacial score (nSPS) is 13.6. The Morgan fingerprint density at radius 1 is 0.896 bits per heavy atom. The second-order valence-corrected chi connectivity index (χ2v) is 14.0. The van der Waals surface area contributed by atoms with E-state index in [1.807, 2.05) is 18.2 Å². The molecule has 0 saturated heterocycles. The first-order valence-electron chi connectivity index (χ1n) is 16.0. The number of carboxylic acids is 1. The molecular weight excluding hydrogens is 622 g/mol. The number of ketones is 1. The van der Waals surface area contributed by atoms with Gasteiger partial charge in [-0.05, 0) is 59.4 Å². The van der Waals surface area contributed by atoms with Crippen LogP contribution in [0.5, 0.6) is 0 Å². The Hall–Kier alpha value is -4.55. The number of ether oxygens (including phenoxy) is 3. The summed E-state index contributed by atoms with van der Waals surface area (Å²) >= 11 is 0. The highest BCUT2D eigenvalue weighted by molar-refractivity contribution is 5.93. The first-order chi connectivity index (χ1) is 22.2. The number of nitrogens with one attached hydrogen (secondary N) is 1. The lowest BCUT2D eigenvalue weighted by molar-refractivity contribution is -0.155. The number of carboxylic acid groups (broad SMARTS) is 1. The average molecular weight is 672 g/mol. The number of esters is 2. The summed E-state index contributed by atoms with van der Waals surface area (Å²) in [7, 11) is 0. The zero-order valence-corrected chi connectivity index (χ0v) is 29.1. The highest BCUT2D eigenvalue weighted by atomic mass is 16.6. The molecule has 0 saturated carbocycles. The Morgan fingerprint density at radius 2 is 1.52 bits per heavy atom. The Balaban J connectivity index is 2.19. The van der Waals surface area contributed by atoms with Crippen molar-refractivity contribution in [1.82, 2.24) is 14.9 Å². The first kappa shape index (κ1) is 39.6. The number of hydrogen-bond acceptors (Lipinski definition) is 10. The Labute approximate surface area is 281 Å². The molecule has 0 unspecified atom stereocenters. The molecule has 0 aliphatic heterocycles. The number of Topliss-reactive ketones (excluding diaryl/α,β-unsaturated/α-hetero) is 1. The van der Waals surface area contributed by atoms with E-state index in [1.165, 1.54) is 12.5 Å². The van der Waals surface area contributed by atoms with Crippen LogP contribution in [0.1, 0.15) is 92.3 Å². The second-order valence-electron chi connectivity index (χ2n) is 14.0. The van der Waals surface area contributed by atoms with E-state index in [1.54, 1.807) is 67.5 Å². The van der Waals surface area contributed by atoms with Crippen LogP contribution in [0.25, 0.3) is 0 Å². The van der Waals surface area contributed by atoms with Gasteiger partial charge in [0.25, 0.3) is 0 Å². The van der Waals surface area contributed by atoms with Gasteiger partial charge in [0.1, 0.15) is 24.1 Å². The number of nitrogens with zero attached hydrogens (tertiary/aromatic N) is 2. The van der Waals surface area contributed by atoms with Gasteiger partial charge in [-0.1, -0.05) is 44.2 Å². The van der Waals surface area contributed by atoms with Crippen molar-refractivity contribution in [2.24, 2.45) is 17.8 Å². The number of aromatic nitrogens is 2. The van der Waals surface area contributed by atoms with Crippen LogP contribution in [-0.2, 0) is 51.2 Å². The monoisotopic (exact) mass is 671 g/mol. The SMILES string of the molecule is CC(C)[C@H](CC(=O)OCc1ccccc1)C(=O)N[C@@H](CCC(=O)OC(C)(C)C)C(=O)C[C@@H](Cc1cn(C(=O)OC(C)(C)C)cn1)C(=O)O. The Bertz CT molecular complexity index is 1420. The van der Waals surface area contributed by atoms with Gasteiger partial charge >= 0.3 is 24.0 Å². The lowest BCUT2D eigenvalue weighted by Crippen LogP contribution is -2.46. The van der Waals surface area contributed by atoms with Gasteiger partial charge in [0.05, 0.1) is 30.0 Å². The third-order valence-electron chi connectivity index (χ3n) is 7.03. The first-order valence-corrected chi connectivity index (χ1v) is 16.0. The molecule has 48 heavy (non-hydrogen) atoms. The summed E-state index contributed by atoms with van der Waals surface area (Å²) in [5, 5.41) is 12.6. The van der Waals surface area contributed by atoms with Crippen LogP contribution < -0.4 is 5.32 Å². The second kappa shape index (κ2) is 17.6. The average Bonchev–Trinajstić information content (AvgIpc) is 3.44. The topological polar surface area (TPSA) is 180 Å². The molecule has 264 valence electrons. The van der Waals surface area contributed by atoms with E-state index in [2.05, 4.69) is 10.3 Å². The van der Waals surface area contributed by atoms with Crippen molar-refractivity contribution in [1.29, 1.82) is 0 Å². The summed E-state index contributed by atoms with van der Waals surface area (Å²) in [6, 6.07) is 7.83. The van der Waals surface area contributed by atoms with Crippen molar-refractivity contribution in [3.8, 4) is 0 Å². The van der Waals surface area contributed by atoms with E-state index in [9.17, 15) is 33.9 Å². The van der Waals surface area contributed by atoms with E-state index < -0.39 is 71.2 Å². The van der Waals surface area contributed by atoms with Crippen LogP contribution in [0, 0.1) is 17.8 Å². The van der Waals surface area contributed by atoms with Gasteiger partial charge < -0.3 is 24.6 Å². The number of carbonyl (C=O) groups is 6. The van der Waals surface area contributed by atoms with Crippen molar-refractivity contribution in [3.05, 3.63) is 54.1 Å². The third kappa shape index (κ3) is 14.5. The molecule has 1 aromatic carbocycles. The van der Waals surface area contributed by atoms with Crippen LogP contribution in [0.15, 0.2) is 42.9 Å². The molecule has 0 aliphatic rings. The Kier molecular flexibility index (Phi) is 14.5. The van der Waals surface area contributed by atoms with Gasteiger partial charge in [0.15, 0.2) is 5.78 Å². The fraction of sp³-hybridized carbons (Fsp3) is 0.571. The lowest BCUT2D eigenvalue weighted by atomic mass is 9.89. The zero-order chi connectivity index (χ0) is 36.2. The van der Waals surface area contributed by atoms with Crippen molar-refractivity contribution in [3.63, 3.8) is 0 Å². The van der Waals surface area contributed by atoms with Gasteiger partial charge in [0.2, 0.25) is 5.91 Å². The van der Waals surface area contributed by atoms with Crippen LogP contribution in [0.2, 0.25) is 0 Å². The quantitative estimate of drug-likeness (QED) is 0.183. The largest absolute Gasteiger partial charge is 0.481 e. The van der Waals surface area contributed by atoms with Crippen molar-refractivity contribution in [2.75, 3.05) is 0 Å². The highest BCUT2D eigenvalue weighted by Gasteiger charge is 2.33. The fourth-order valence-corrected chi connectivity index (χ4v) is 4.62. The smallest absolute Gasteiger partial charge is 0.419 e. The molecule has 0 bridgehead atoms. The van der Waals surface area contributed by atoms with Crippen molar-refractivity contribution >= 4 is 35.7 Å². The summed E-state index contributed by atoms with van der Waals surface area (Å²) in [4.78, 5) is 81.0. The van der Waals surface area contributed by atoms with E-state index in [-0.39, 0.29) is 43.9 Å². The number of amides is 1. The number of carbonyl (C=O) groups excluding carboxylic acids is 5. The molecule has 13 nitrogen and oxygen atoms in total. The molecule has 0 radical (unpaired) electrons. The summed E-state index contributed by atoms with van der Waals surface area (Å²) in [5.74, 6) is -6.14. The van der Waals surface area contributed by atoms with E-state index in [0.717, 1.165) is 10.1 Å². The molecule has 0 spiro atoms. The molecule has 13 heteroatoms. The summed E-state index contributed by atoms with van der Waals surface area (Å²) in [6.07, 6.45) is 0.523. The molecule has 1 aromatic heterocycles. The van der Waals surface area contributed by atoms with E-state index >= 15 is 0 Å². The summed E-state index contributed by atoms with van der Waals surface area (Å²) in [6.45, 7) is 13.7. The maximum atomic E-state index is 13.6. The van der Waals surface area contributed by atoms with Crippen LogP contribution in [0.4, 0.5) is 4.79 Å². The van der Waals surface area contributed by atoms with Crippen LogP contribution >= 0.6 is 0 Å². The lowest BCUT2D eigenvalue weighted by Gasteiger charge is -2.25. The van der Waals surface area contributed by atoms with Crippen LogP contribution in [-0.4, -0.2) is 67.6 Å². The highest BCUT2D eigenvalue weighted by Crippen LogP contribution is 2.21. The summed E-state index contributed by atoms with van der Waals surface area (Å²) < 4.78 is 17.1. The van der Waals surface area contributed by atoms with E-state index in [0.29, 0.717) is 0 Å². The van der Waals surface area contributed by atoms with Gasteiger partial charge in [0, 0.05) is 25.5 Å². The standard InChI is InChI=1S/C35H49N3O10/c1-22(2)26(18-30(41)46-20-23-12-10-9-11-13-23)31(42)37-27(14-15-29(40)47-34(3,4)5)28(39)17-24(32(43)44)16-25-19-38(21-36-25)33(45)48-35(6,7)8/h9-13,19,21-22,24,26-27H,14-18,20H2,1-8H3,(H,37,42)(H,43,44)/t24-,26+,27+/m1/s1. The molecule has 0 aliphatic carbocycles. The number of imidazole rings is 1. The molecule has 2 N–H and O–H groups in total. The Morgan fingerprint density at radius 3 is 2.08 bits per heavy atom. The zero-order valence-electron chi connectivity index (χ0n) is 29.1. The van der Waals surface area contributed by atoms with Crippen molar-refractivity contribution < 1.29 is 48.1 Å². The number of aliphatic carboxylic acids is 1. The molecule has 2 rings (SSSR count). The number of rotatable bonds is 16. The molecule has 2 aromatic rings. The molecular formula is C35H49N3O10. The van der Waals surface area contributed by atoms with Gasteiger partial charge in [-0.25, -0.2) is 14.3 Å². The predicted molar refractivity (Wildman–Crippen MR) is 175 cm³/mol. The molecule has 0 fully saturated rings. The maximum absolute atomic E-state index is 13.6. The minimum Gasteiger partial charge on any atom is -0.481 e. The van der Waals surface area contributed by atoms with E-state index in [4.69, 9.17) is 14.2 Å². The fourth-order valence-electron chi connectivity index (χ4n) is 4.62. The maximum Gasteiger partial charge on any atom is 0.419 e. The summed E-state index contributed by atoms with van der Waals surface area (Å²) in [5.41, 5.74) is -0.509.